The summed E-state index contributed by atoms with van der Waals surface area (Å²) >= 11 is 0. The molecule has 2 amide bonds. The fourth-order valence-corrected chi connectivity index (χ4v) is 1.84. The van der Waals surface area contributed by atoms with E-state index in [1.807, 2.05) is 38.1 Å². The molecule has 1 rings (SSSR count). The smallest absolute Gasteiger partial charge is 0.317 e. The second-order valence-electron chi connectivity index (χ2n) is 3.97. The van der Waals surface area contributed by atoms with Gasteiger partial charge in [0.1, 0.15) is 5.75 Å². The van der Waals surface area contributed by atoms with Crippen LogP contribution in [0, 0.1) is 0 Å². The molecule has 0 aliphatic heterocycles. The fraction of sp³-hybridized carbons (Fsp3) is 0.500. The third-order valence-electron chi connectivity index (χ3n) is 2.91. The van der Waals surface area contributed by atoms with Crippen LogP contribution in [0.15, 0.2) is 24.3 Å². The predicted molar refractivity (Wildman–Crippen MR) is 73.0 cm³/mol. The molecule has 0 bridgehead atoms. The van der Waals surface area contributed by atoms with Crippen LogP contribution in [0.4, 0.5) is 4.79 Å². The lowest BCUT2D eigenvalue weighted by molar-refractivity contribution is 0.203. The highest BCUT2D eigenvalue weighted by Crippen LogP contribution is 2.17. The van der Waals surface area contributed by atoms with Crippen molar-refractivity contribution in [2.75, 3.05) is 26.7 Å². The number of rotatable bonds is 6. The third-order valence-corrected chi connectivity index (χ3v) is 2.91. The quantitative estimate of drug-likeness (QED) is 0.841. The molecule has 0 aliphatic carbocycles. The Morgan fingerprint density at radius 3 is 2.56 bits per heavy atom. The Hall–Kier alpha value is -1.71. The summed E-state index contributed by atoms with van der Waals surface area (Å²) in [5.74, 6) is 0.870. The number of ether oxygens (including phenoxy) is 1. The molecule has 0 atom stereocenters. The van der Waals surface area contributed by atoms with Crippen molar-refractivity contribution in [3.8, 4) is 5.75 Å². The monoisotopic (exact) mass is 250 g/mol. The molecule has 1 aromatic carbocycles. The summed E-state index contributed by atoms with van der Waals surface area (Å²) in [6.07, 6.45) is 0.775. The molecule has 0 aromatic heterocycles. The van der Waals surface area contributed by atoms with Crippen LogP contribution in [-0.4, -0.2) is 37.7 Å². The van der Waals surface area contributed by atoms with Crippen molar-refractivity contribution in [3.63, 3.8) is 0 Å². The second-order valence-corrected chi connectivity index (χ2v) is 3.97. The van der Waals surface area contributed by atoms with E-state index in [9.17, 15) is 4.79 Å². The number of hydrogen-bond acceptors (Lipinski definition) is 2. The van der Waals surface area contributed by atoms with Crippen molar-refractivity contribution in [1.29, 1.82) is 0 Å². The lowest BCUT2D eigenvalue weighted by atomic mass is 10.1. The van der Waals surface area contributed by atoms with E-state index in [0.717, 1.165) is 30.8 Å². The van der Waals surface area contributed by atoms with Crippen LogP contribution in [0.5, 0.6) is 5.75 Å². The maximum atomic E-state index is 11.7. The van der Waals surface area contributed by atoms with Gasteiger partial charge < -0.3 is 15.0 Å². The molecule has 0 saturated heterocycles. The minimum atomic E-state index is -0.00472. The molecule has 4 heteroatoms. The zero-order valence-electron chi connectivity index (χ0n) is 11.4. The summed E-state index contributed by atoms with van der Waals surface area (Å²) in [5.41, 5.74) is 1.11. The summed E-state index contributed by atoms with van der Waals surface area (Å²) in [6.45, 7) is 6.04. The maximum absolute atomic E-state index is 11.7. The van der Waals surface area contributed by atoms with Gasteiger partial charge in [-0.15, -0.1) is 0 Å². The molecule has 0 unspecified atom stereocenters. The number of carbonyl (C=O) groups is 1. The Balaban J connectivity index is 2.44. The lowest BCUT2D eigenvalue weighted by Crippen LogP contribution is -2.40. The Bertz CT molecular complexity index is 376. The molecule has 0 radical (unpaired) electrons. The van der Waals surface area contributed by atoms with Gasteiger partial charge in [-0.1, -0.05) is 18.2 Å². The second kappa shape index (κ2) is 7.58. The van der Waals surface area contributed by atoms with Crippen molar-refractivity contribution in [2.45, 2.75) is 20.3 Å². The third kappa shape index (κ3) is 3.95. The first kappa shape index (κ1) is 14.4. The SMILES string of the molecule is CCN(CC)C(=O)NCCc1ccccc1OC. The van der Waals surface area contributed by atoms with Gasteiger partial charge in [0.2, 0.25) is 0 Å². The van der Waals surface area contributed by atoms with E-state index in [4.69, 9.17) is 4.74 Å². The Morgan fingerprint density at radius 2 is 1.94 bits per heavy atom. The van der Waals surface area contributed by atoms with Gasteiger partial charge in [-0.2, -0.15) is 0 Å². The molecular weight excluding hydrogens is 228 g/mol. The molecule has 0 heterocycles. The highest BCUT2D eigenvalue weighted by atomic mass is 16.5. The molecule has 0 fully saturated rings. The summed E-state index contributed by atoms with van der Waals surface area (Å²) in [4.78, 5) is 13.5. The van der Waals surface area contributed by atoms with Crippen molar-refractivity contribution < 1.29 is 9.53 Å². The van der Waals surface area contributed by atoms with Crippen LogP contribution in [0.1, 0.15) is 19.4 Å². The van der Waals surface area contributed by atoms with Crippen LogP contribution < -0.4 is 10.1 Å². The first-order valence-corrected chi connectivity index (χ1v) is 6.37. The number of methoxy groups -OCH3 is 1. The maximum Gasteiger partial charge on any atom is 0.317 e. The highest BCUT2D eigenvalue weighted by molar-refractivity contribution is 5.74. The first-order chi connectivity index (χ1) is 8.72. The van der Waals surface area contributed by atoms with E-state index in [1.54, 1.807) is 12.0 Å². The van der Waals surface area contributed by atoms with E-state index < -0.39 is 0 Å². The fourth-order valence-electron chi connectivity index (χ4n) is 1.84. The molecule has 1 N–H and O–H groups in total. The Kier molecular flexibility index (Phi) is 6.05. The van der Waals surface area contributed by atoms with Crippen molar-refractivity contribution in [3.05, 3.63) is 29.8 Å². The van der Waals surface area contributed by atoms with Gasteiger partial charge in [0.25, 0.3) is 0 Å². The number of carbonyl (C=O) groups excluding carboxylic acids is 1. The van der Waals surface area contributed by atoms with E-state index >= 15 is 0 Å². The number of hydrogen-bond donors (Lipinski definition) is 1. The minimum absolute atomic E-state index is 0.00472. The van der Waals surface area contributed by atoms with Crippen LogP contribution in [-0.2, 0) is 6.42 Å². The summed E-state index contributed by atoms with van der Waals surface area (Å²) in [7, 11) is 1.66. The molecule has 4 nitrogen and oxygen atoms in total. The van der Waals surface area contributed by atoms with E-state index in [2.05, 4.69) is 5.32 Å². The molecule has 18 heavy (non-hydrogen) atoms. The minimum Gasteiger partial charge on any atom is -0.496 e. The number of nitrogens with one attached hydrogen (secondary N) is 1. The standard InChI is InChI=1S/C14H22N2O2/c1-4-16(5-2)14(17)15-11-10-12-8-6-7-9-13(12)18-3/h6-9H,4-5,10-11H2,1-3H3,(H,15,17). The summed E-state index contributed by atoms with van der Waals surface area (Å²) in [6, 6.07) is 7.86. The predicted octanol–water partition coefficient (Wildman–Crippen LogP) is 2.29. The Labute approximate surface area is 109 Å². The van der Waals surface area contributed by atoms with Gasteiger partial charge in [0.05, 0.1) is 7.11 Å². The van der Waals surface area contributed by atoms with Crippen molar-refractivity contribution in [2.24, 2.45) is 0 Å². The number of urea groups is 1. The van der Waals surface area contributed by atoms with E-state index in [0.29, 0.717) is 6.54 Å². The average molecular weight is 250 g/mol. The van der Waals surface area contributed by atoms with Gasteiger partial charge in [0, 0.05) is 19.6 Å². The molecule has 0 spiro atoms. The van der Waals surface area contributed by atoms with Gasteiger partial charge in [-0.3, -0.25) is 0 Å². The summed E-state index contributed by atoms with van der Waals surface area (Å²) in [5, 5.41) is 2.92. The molecule has 0 saturated carbocycles. The molecule has 100 valence electrons. The van der Waals surface area contributed by atoms with Crippen molar-refractivity contribution in [1.82, 2.24) is 10.2 Å². The topological polar surface area (TPSA) is 41.6 Å². The zero-order valence-corrected chi connectivity index (χ0v) is 11.4. The Morgan fingerprint density at radius 1 is 1.28 bits per heavy atom. The number of benzene rings is 1. The van der Waals surface area contributed by atoms with Crippen LogP contribution in [0.3, 0.4) is 0 Å². The van der Waals surface area contributed by atoms with E-state index in [-0.39, 0.29) is 6.03 Å². The largest absolute Gasteiger partial charge is 0.496 e. The van der Waals surface area contributed by atoms with Crippen LogP contribution in [0.2, 0.25) is 0 Å². The highest BCUT2D eigenvalue weighted by Gasteiger charge is 2.08. The average Bonchev–Trinajstić information content (AvgIpc) is 2.40. The van der Waals surface area contributed by atoms with Gasteiger partial charge in [-0.05, 0) is 31.9 Å². The molecular formula is C14H22N2O2. The zero-order chi connectivity index (χ0) is 13.4. The van der Waals surface area contributed by atoms with Gasteiger partial charge in [0.15, 0.2) is 0 Å². The molecule has 1 aromatic rings. The first-order valence-electron chi connectivity index (χ1n) is 6.37. The van der Waals surface area contributed by atoms with Crippen LogP contribution in [0.25, 0.3) is 0 Å². The molecule has 0 aliphatic rings. The van der Waals surface area contributed by atoms with Gasteiger partial charge >= 0.3 is 6.03 Å². The lowest BCUT2D eigenvalue weighted by Gasteiger charge is -2.19. The number of nitrogens with zero attached hydrogens (tertiary/aromatic N) is 1. The number of para-hydroxylation sites is 1. The van der Waals surface area contributed by atoms with Gasteiger partial charge in [-0.25, -0.2) is 4.79 Å². The van der Waals surface area contributed by atoms with Crippen LogP contribution >= 0.6 is 0 Å². The van der Waals surface area contributed by atoms with Crippen molar-refractivity contribution >= 4 is 6.03 Å². The summed E-state index contributed by atoms with van der Waals surface area (Å²) < 4.78 is 5.27. The number of amides is 2. The normalized spacial score (nSPS) is 9.94. The van der Waals surface area contributed by atoms with E-state index in [1.165, 1.54) is 0 Å².